The molecule has 1 atom stereocenters. The van der Waals surface area contributed by atoms with Gasteiger partial charge in [-0.2, -0.15) is 17.7 Å². The number of nitrogens with one attached hydrogen (secondary N) is 1. The third kappa shape index (κ3) is 3.56. The van der Waals surface area contributed by atoms with Gasteiger partial charge in [0.05, 0.1) is 13.2 Å². The zero-order chi connectivity index (χ0) is 18.9. The van der Waals surface area contributed by atoms with Gasteiger partial charge in [0, 0.05) is 0 Å². The van der Waals surface area contributed by atoms with Crippen LogP contribution in [0.3, 0.4) is 0 Å². The molecule has 0 aliphatic rings. The predicted molar refractivity (Wildman–Crippen MR) is 90.0 cm³/mol. The summed E-state index contributed by atoms with van der Waals surface area (Å²) in [6.07, 6.45) is -4.63. The molecule has 2 aromatic heterocycles. The van der Waals surface area contributed by atoms with Crippen molar-refractivity contribution in [1.29, 1.82) is 0 Å². The Morgan fingerprint density at radius 3 is 2.31 bits per heavy atom. The number of alkyl halides is 3. The van der Waals surface area contributed by atoms with Gasteiger partial charge in [-0.25, -0.2) is 0 Å². The highest BCUT2D eigenvalue weighted by atomic mass is 19.4. The van der Waals surface area contributed by atoms with E-state index < -0.39 is 12.0 Å². The van der Waals surface area contributed by atoms with Gasteiger partial charge < -0.3 is 10.1 Å². The average molecular weight is 365 g/mol. The summed E-state index contributed by atoms with van der Waals surface area (Å²) in [6, 6.07) is 10.4. The summed E-state index contributed by atoms with van der Waals surface area (Å²) in [5.74, 6) is 0.0537. The quantitative estimate of drug-likeness (QED) is 0.741. The Balaban J connectivity index is 1.93. The Morgan fingerprint density at radius 2 is 1.73 bits per heavy atom. The van der Waals surface area contributed by atoms with E-state index in [0.717, 1.165) is 11.3 Å². The van der Waals surface area contributed by atoms with Crippen LogP contribution in [0.25, 0.3) is 5.65 Å². The molecule has 1 N–H and O–H groups in total. The number of fused-ring (bicyclic) bond motifs is 1. The summed E-state index contributed by atoms with van der Waals surface area (Å²) in [6.45, 7) is 4.03. The molecule has 0 bridgehead atoms. The fourth-order valence-electron chi connectivity index (χ4n) is 2.65. The van der Waals surface area contributed by atoms with Gasteiger partial charge in [0.2, 0.25) is 0 Å². The van der Waals surface area contributed by atoms with Crippen molar-refractivity contribution < 1.29 is 17.9 Å². The van der Waals surface area contributed by atoms with Gasteiger partial charge >= 0.3 is 6.18 Å². The third-order valence-electron chi connectivity index (χ3n) is 3.96. The van der Waals surface area contributed by atoms with Crippen molar-refractivity contribution in [2.75, 3.05) is 12.4 Å². The number of rotatable bonds is 5. The van der Waals surface area contributed by atoms with E-state index in [4.69, 9.17) is 4.74 Å². The molecule has 0 aliphatic heterocycles. The summed E-state index contributed by atoms with van der Waals surface area (Å²) in [4.78, 5) is 0. The SMILES string of the molecule is COc1ccc(C(Nc2ccc3nnc(C(F)(F)F)n3n2)C(C)C)cc1. The van der Waals surface area contributed by atoms with Crippen molar-refractivity contribution in [2.45, 2.75) is 26.1 Å². The second-order valence-corrected chi connectivity index (χ2v) is 6.15. The van der Waals surface area contributed by atoms with Crippen LogP contribution >= 0.6 is 0 Å². The molecule has 0 saturated heterocycles. The molecule has 1 aromatic carbocycles. The molecule has 3 rings (SSSR count). The molecule has 0 amide bonds. The first-order valence-electron chi connectivity index (χ1n) is 7.99. The highest BCUT2D eigenvalue weighted by Gasteiger charge is 2.37. The number of nitrogens with zero attached hydrogens (tertiary/aromatic N) is 4. The van der Waals surface area contributed by atoms with E-state index in [2.05, 4.69) is 20.6 Å². The lowest BCUT2D eigenvalue weighted by Gasteiger charge is -2.23. The van der Waals surface area contributed by atoms with Gasteiger partial charge in [-0.3, -0.25) is 0 Å². The highest BCUT2D eigenvalue weighted by Crippen LogP contribution is 2.29. The normalized spacial score (nSPS) is 13.2. The minimum absolute atomic E-state index is 0.0356. The van der Waals surface area contributed by atoms with E-state index >= 15 is 0 Å². The topological polar surface area (TPSA) is 64.3 Å². The van der Waals surface area contributed by atoms with Gasteiger partial charge in [-0.05, 0) is 35.7 Å². The minimum atomic E-state index is -4.63. The van der Waals surface area contributed by atoms with Crippen LogP contribution < -0.4 is 10.1 Å². The molecule has 3 aromatic rings. The van der Waals surface area contributed by atoms with Gasteiger partial charge in [0.15, 0.2) is 5.65 Å². The lowest BCUT2D eigenvalue weighted by molar-refractivity contribution is -0.146. The standard InChI is InChI=1S/C17H18F3N5O/c1-10(2)15(11-4-6-12(26-3)7-5-11)21-13-8-9-14-22-23-16(17(18,19)20)25(14)24-13/h4-10,15H,1-3H3,(H,21,24). The largest absolute Gasteiger partial charge is 0.497 e. The van der Waals surface area contributed by atoms with Crippen LogP contribution in [0.1, 0.15) is 31.3 Å². The smallest absolute Gasteiger partial charge is 0.453 e. The second kappa shape index (κ2) is 6.81. The lowest BCUT2D eigenvalue weighted by atomic mass is 9.96. The molecule has 0 spiro atoms. The highest BCUT2D eigenvalue weighted by molar-refractivity contribution is 5.46. The van der Waals surface area contributed by atoms with Gasteiger partial charge in [-0.1, -0.05) is 26.0 Å². The summed E-state index contributed by atoms with van der Waals surface area (Å²) < 4.78 is 44.9. The Kier molecular flexibility index (Phi) is 4.71. The first kappa shape index (κ1) is 18.0. The van der Waals surface area contributed by atoms with E-state index in [1.165, 1.54) is 6.07 Å². The molecule has 0 radical (unpaired) electrons. The van der Waals surface area contributed by atoms with Crippen LogP contribution in [0, 0.1) is 5.92 Å². The Bertz CT molecular complexity index is 890. The maximum Gasteiger partial charge on any atom is 0.453 e. The maximum absolute atomic E-state index is 13.0. The zero-order valence-corrected chi connectivity index (χ0v) is 14.4. The molecular weight excluding hydrogens is 347 g/mol. The first-order chi connectivity index (χ1) is 12.3. The summed E-state index contributed by atoms with van der Waals surface area (Å²) in [5, 5.41) is 13.9. The van der Waals surface area contributed by atoms with Crippen LogP contribution in [0.4, 0.5) is 19.0 Å². The third-order valence-corrected chi connectivity index (χ3v) is 3.96. The van der Waals surface area contributed by atoms with Gasteiger partial charge in [0.1, 0.15) is 11.6 Å². The van der Waals surface area contributed by atoms with E-state index in [-0.39, 0.29) is 17.6 Å². The number of hydrogen-bond acceptors (Lipinski definition) is 5. The predicted octanol–water partition coefficient (Wildman–Crippen LogP) is 3.96. The van der Waals surface area contributed by atoms with E-state index in [9.17, 15) is 13.2 Å². The molecule has 6 nitrogen and oxygen atoms in total. The summed E-state index contributed by atoms with van der Waals surface area (Å²) in [7, 11) is 1.59. The minimum Gasteiger partial charge on any atom is -0.497 e. The fraction of sp³-hybridized carbons (Fsp3) is 0.353. The molecular formula is C17H18F3N5O. The van der Waals surface area contributed by atoms with Crippen LogP contribution in [0.2, 0.25) is 0 Å². The van der Waals surface area contributed by atoms with Gasteiger partial charge in [-0.15, -0.1) is 15.3 Å². The number of hydrogen-bond donors (Lipinski definition) is 1. The Hall–Kier alpha value is -2.84. The van der Waals surface area contributed by atoms with Crippen molar-refractivity contribution in [1.82, 2.24) is 19.8 Å². The molecule has 1 unspecified atom stereocenters. The van der Waals surface area contributed by atoms with Crippen molar-refractivity contribution in [2.24, 2.45) is 5.92 Å². The molecule has 26 heavy (non-hydrogen) atoms. The Morgan fingerprint density at radius 1 is 1.04 bits per heavy atom. The monoisotopic (exact) mass is 365 g/mol. The van der Waals surface area contributed by atoms with Crippen molar-refractivity contribution >= 4 is 11.5 Å². The number of methoxy groups -OCH3 is 1. The van der Waals surface area contributed by atoms with E-state index in [1.54, 1.807) is 13.2 Å². The number of halogens is 3. The average Bonchev–Trinajstić information content (AvgIpc) is 3.03. The molecule has 0 saturated carbocycles. The van der Waals surface area contributed by atoms with Gasteiger partial charge in [0.25, 0.3) is 5.82 Å². The van der Waals surface area contributed by atoms with Crippen molar-refractivity contribution in [3.63, 3.8) is 0 Å². The van der Waals surface area contributed by atoms with E-state index in [0.29, 0.717) is 10.3 Å². The van der Waals surface area contributed by atoms with E-state index in [1.807, 2.05) is 38.1 Å². The van der Waals surface area contributed by atoms with Crippen molar-refractivity contribution in [3.05, 3.63) is 47.8 Å². The molecule has 9 heteroatoms. The molecule has 0 fully saturated rings. The fourth-order valence-corrected chi connectivity index (χ4v) is 2.65. The van der Waals surface area contributed by atoms with Crippen LogP contribution in [0.5, 0.6) is 5.75 Å². The van der Waals surface area contributed by atoms with Crippen LogP contribution in [-0.4, -0.2) is 26.9 Å². The summed E-state index contributed by atoms with van der Waals surface area (Å²) >= 11 is 0. The number of ether oxygens (including phenoxy) is 1. The molecule has 138 valence electrons. The number of benzene rings is 1. The number of anilines is 1. The van der Waals surface area contributed by atoms with Crippen LogP contribution in [-0.2, 0) is 6.18 Å². The second-order valence-electron chi connectivity index (χ2n) is 6.15. The zero-order valence-electron chi connectivity index (χ0n) is 14.4. The van der Waals surface area contributed by atoms with Crippen molar-refractivity contribution in [3.8, 4) is 5.75 Å². The lowest BCUT2D eigenvalue weighted by Crippen LogP contribution is -2.19. The molecule has 0 aliphatic carbocycles. The maximum atomic E-state index is 13.0. The number of aromatic nitrogens is 4. The Labute approximate surface area is 148 Å². The summed E-state index contributed by atoms with van der Waals surface area (Å²) in [5.41, 5.74) is 1.01. The van der Waals surface area contributed by atoms with Crippen LogP contribution in [0.15, 0.2) is 36.4 Å². The molecule has 2 heterocycles. The first-order valence-corrected chi connectivity index (χ1v) is 7.99.